The van der Waals surface area contributed by atoms with Crippen molar-refractivity contribution in [1.29, 1.82) is 0 Å². The Morgan fingerprint density at radius 2 is 2.25 bits per heavy atom. The van der Waals surface area contributed by atoms with E-state index in [2.05, 4.69) is 24.0 Å². The summed E-state index contributed by atoms with van der Waals surface area (Å²) in [6.07, 6.45) is 2.99. The van der Waals surface area contributed by atoms with Crippen LogP contribution in [0.15, 0.2) is 23.1 Å². The summed E-state index contributed by atoms with van der Waals surface area (Å²) in [5, 5.41) is 0. The smallest absolute Gasteiger partial charge is 0.240 e. The highest BCUT2D eigenvalue weighted by Gasteiger charge is 2.28. The Hall–Kier alpha value is -1.20. The Morgan fingerprint density at radius 3 is 2.90 bits per heavy atom. The van der Waals surface area contributed by atoms with Crippen LogP contribution in [0.1, 0.15) is 31.7 Å². The average molecular weight is 293 g/mol. The van der Waals surface area contributed by atoms with Gasteiger partial charge < -0.3 is 16.4 Å². The minimum Gasteiger partial charge on any atom is -0.368 e. The minimum absolute atomic E-state index is 0.198. The topological polar surface area (TPSA) is 72.3 Å². The summed E-state index contributed by atoms with van der Waals surface area (Å²) in [5.41, 5.74) is 13.7. The normalized spacial score (nSPS) is 19.1. The van der Waals surface area contributed by atoms with Crippen molar-refractivity contribution in [1.82, 2.24) is 0 Å². The van der Waals surface area contributed by atoms with Gasteiger partial charge in [-0.2, -0.15) is 0 Å². The zero-order chi connectivity index (χ0) is 14.5. The largest absolute Gasteiger partial charge is 0.368 e. The summed E-state index contributed by atoms with van der Waals surface area (Å²) in [6, 6.07) is 6.00. The van der Waals surface area contributed by atoms with E-state index < -0.39 is 0 Å². The van der Waals surface area contributed by atoms with E-state index in [1.165, 1.54) is 4.90 Å². The molecular weight excluding hydrogens is 270 g/mol. The number of piperidine rings is 1. The van der Waals surface area contributed by atoms with Gasteiger partial charge in [0.15, 0.2) is 0 Å². The molecule has 1 amide bonds. The lowest BCUT2D eigenvalue weighted by Crippen LogP contribution is -2.48. The summed E-state index contributed by atoms with van der Waals surface area (Å²) in [6.45, 7) is 3.49. The van der Waals surface area contributed by atoms with Crippen LogP contribution in [0, 0.1) is 0 Å². The molecule has 1 aliphatic heterocycles. The van der Waals surface area contributed by atoms with Crippen LogP contribution in [0.5, 0.6) is 0 Å². The van der Waals surface area contributed by atoms with Crippen LogP contribution in [0.4, 0.5) is 5.69 Å². The highest BCUT2D eigenvalue weighted by molar-refractivity contribution is 7.99. The predicted octanol–water partition coefficient (Wildman–Crippen LogP) is 2.10. The number of nitrogens with two attached hydrogens (primary N) is 2. The van der Waals surface area contributed by atoms with Gasteiger partial charge in [0.25, 0.3) is 0 Å². The van der Waals surface area contributed by atoms with Crippen molar-refractivity contribution in [3.05, 3.63) is 23.8 Å². The lowest BCUT2D eigenvalue weighted by Gasteiger charge is -2.37. The summed E-state index contributed by atoms with van der Waals surface area (Å²) in [5.74, 6) is 0.775. The van der Waals surface area contributed by atoms with Crippen molar-refractivity contribution >= 4 is 23.4 Å². The Morgan fingerprint density at radius 1 is 1.45 bits per heavy atom. The Balaban J connectivity index is 2.39. The molecule has 4 nitrogen and oxygen atoms in total. The van der Waals surface area contributed by atoms with E-state index in [9.17, 15) is 4.79 Å². The van der Waals surface area contributed by atoms with E-state index in [0.29, 0.717) is 6.54 Å². The van der Waals surface area contributed by atoms with Crippen molar-refractivity contribution in [2.45, 2.75) is 43.7 Å². The first-order valence-electron chi connectivity index (χ1n) is 7.19. The molecule has 1 aromatic rings. The third kappa shape index (κ3) is 3.10. The van der Waals surface area contributed by atoms with Crippen molar-refractivity contribution in [2.24, 2.45) is 11.5 Å². The highest BCUT2D eigenvalue weighted by atomic mass is 32.2. The molecule has 4 N–H and O–H groups in total. The number of carbonyl (C=O) groups is 1. The molecule has 0 aromatic heterocycles. The highest BCUT2D eigenvalue weighted by Crippen LogP contribution is 2.33. The first kappa shape index (κ1) is 15.2. The predicted molar refractivity (Wildman–Crippen MR) is 84.9 cm³/mol. The van der Waals surface area contributed by atoms with Crippen LogP contribution in [-0.2, 0) is 11.3 Å². The zero-order valence-corrected chi connectivity index (χ0v) is 12.8. The van der Waals surface area contributed by atoms with E-state index in [0.717, 1.165) is 42.8 Å². The number of hydrogen-bond donors (Lipinski definition) is 2. The minimum atomic E-state index is -0.235. The van der Waals surface area contributed by atoms with Crippen LogP contribution >= 0.6 is 11.8 Å². The van der Waals surface area contributed by atoms with Crippen molar-refractivity contribution in [3.8, 4) is 0 Å². The monoisotopic (exact) mass is 293 g/mol. The maximum atomic E-state index is 11.7. The first-order chi connectivity index (χ1) is 9.69. The number of carbonyl (C=O) groups excluding carboxylic acids is 1. The molecule has 0 saturated carbocycles. The molecule has 20 heavy (non-hydrogen) atoms. The molecule has 1 heterocycles. The quantitative estimate of drug-likeness (QED) is 0.816. The van der Waals surface area contributed by atoms with Gasteiger partial charge in [0.2, 0.25) is 5.91 Å². The van der Waals surface area contributed by atoms with Crippen molar-refractivity contribution < 1.29 is 4.79 Å². The molecule has 1 atom stereocenters. The van der Waals surface area contributed by atoms with Gasteiger partial charge in [-0.3, -0.25) is 4.79 Å². The van der Waals surface area contributed by atoms with Crippen LogP contribution in [-0.4, -0.2) is 24.2 Å². The van der Waals surface area contributed by atoms with Gasteiger partial charge >= 0.3 is 0 Å². The van der Waals surface area contributed by atoms with Gasteiger partial charge in [-0.15, -0.1) is 11.8 Å². The summed E-state index contributed by atoms with van der Waals surface area (Å²) in [4.78, 5) is 15.0. The lowest BCUT2D eigenvalue weighted by molar-refractivity contribution is -0.119. The molecule has 1 unspecified atom stereocenters. The average Bonchev–Trinajstić information content (AvgIpc) is 2.47. The Kier molecular flexibility index (Phi) is 5.31. The standard InChI is InChI=1S/C15H23N3OS/c1-2-20-14-8-5-7-12(11(14)10-16)18-9-4-3-6-13(18)15(17)19/h5,7-8,13H,2-4,6,9-10,16H2,1H3,(H2,17,19). The molecule has 1 fully saturated rings. The van der Waals surface area contributed by atoms with Crippen LogP contribution in [0.25, 0.3) is 0 Å². The number of anilines is 1. The fourth-order valence-electron chi connectivity index (χ4n) is 2.83. The third-order valence-corrected chi connectivity index (χ3v) is 4.74. The van der Waals surface area contributed by atoms with Crippen LogP contribution in [0.2, 0.25) is 0 Å². The Labute approximate surface area is 124 Å². The number of benzene rings is 1. The summed E-state index contributed by atoms with van der Waals surface area (Å²) >= 11 is 1.79. The Bertz CT molecular complexity index is 478. The molecule has 110 valence electrons. The first-order valence-corrected chi connectivity index (χ1v) is 8.18. The summed E-state index contributed by atoms with van der Waals surface area (Å²) < 4.78 is 0. The second kappa shape index (κ2) is 6.99. The second-order valence-electron chi connectivity index (χ2n) is 5.00. The van der Waals surface area contributed by atoms with Gasteiger partial charge in [0.05, 0.1) is 0 Å². The number of rotatable bonds is 5. The van der Waals surface area contributed by atoms with E-state index in [1.807, 2.05) is 6.07 Å². The molecule has 1 saturated heterocycles. The van der Waals surface area contributed by atoms with Crippen LogP contribution in [0.3, 0.4) is 0 Å². The van der Waals surface area contributed by atoms with Gasteiger partial charge in [0.1, 0.15) is 6.04 Å². The number of hydrogen-bond acceptors (Lipinski definition) is 4. The van der Waals surface area contributed by atoms with E-state index >= 15 is 0 Å². The van der Waals surface area contributed by atoms with Gasteiger partial charge in [-0.05, 0) is 37.1 Å². The van der Waals surface area contributed by atoms with E-state index in [4.69, 9.17) is 11.5 Å². The van der Waals surface area contributed by atoms with E-state index in [1.54, 1.807) is 11.8 Å². The second-order valence-corrected chi connectivity index (χ2v) is 6.30. The number of nitrogens with zero attached hydrogens (tertiary/aromatic N) is 1. The maximum Gasteiger partial charge on any atom is 0.240 e. The zero-order valence-electron chi connectivity index (χ0n) is 12.0. The summed E-state index contributed by atoms with van der Waals surface area (Å²) in [7, 11) is 0. The fraction of sp³-hybridized carbons (Fsp3) is 0.533. The molecule has 5 heteroatoms. The fourth-order valence-corrected chi connectivity index (χ4v) is 3.68. The molecule has 1 aliphatic rings. The maximum absolute atomic E-state index is 11.7. The van der Waals surface area contributed by atoms with Gasteiger partial charge in [0, 0.05) is 29.2 Å². The van der Waals surface area contributed by atoms with Gasteiger partial charge in [-0.25, -0.2) is 0 Å². The van der Waals surface area contributed by atoms with Crippen molar-refractivity contribution in [3.63, 3.8) is 0 Å². The third-order valence-electron chi connectivity index (χ3n) is 3.75. The molecule has 2 rings (SSSR count). The molecule has 0 bridgehead atoms. The number of thioether (sulfide) groups is 1. The van der Waals surface area contributed by atoms with E-state index in [-0.39, 0.29) is 11.9 Å². The number of primary amides is 1. The SMILES string of the molecule is CCSc1cccc(N2CCCCC2C(N)=O)c1CN. The van der Waals surface area contributed by atoms with Gasteiger partial charge in [-0.1, -0.05) is 13.0 Å². The lowest BCUT2D eigenvalue weighted by atomic mass is 9.99. The van der Waals surface area contributed by atoms with Crippen LogP contribution < -0.4 is 16.4 Å². The molecule has 0 radical (unpaired) electrons. The molecular formula is C15H23N3OS. The van der Waals surface area contributed by atoms with Crippen molar-refractivity contribution in [2.75, 3.05) is 17.2 Å². The molecule has 1 aromatic carbocycles. The molecule has 0 spiro atoms. The molecule has 0 aliphatic carbocycles. The number of amides is 1.